The minimum absolute atomic E-state index is 0.125. The molecule has 4 atom stereocenters. The second kappa shape index (κ2) is 39.7. The number of aryl methyl sites for hydroxylation is 5. The number of rotatable bonds is 18. The molecule has 0 radical (unpaired) electrons. The zero-order chi connectivity index (χ0) is 72.9. The van der Waals surface area contributed by atoms with Crippen LogP contribution in [0.1, 0.15) is 218 Å². The van der Waals surface area contributed by atoms with Crippen molar-refractivity contribution in [2.45, 2.75) is 251 Å². The SMILES string of the molecule is CCc1cccc(NC(C)(C)C)c1.CCn1cc(-c2ccc(C(C)NC(C)(C)C)cc2)cn1.CCn1cc(-c2ccc(C(C)NC(C)(C)C)cc2)cn1.CCn1cc(-c2ccc(C(C)NC(C)(C)C)cc2)cn1.CCn1cc(-c2ccc(C(C)NC(C)(C)C)cc2)cn1.CF.CF. The van der Waals surface area contributed by atoms with E-state index in [0.29, 0.717) is 38.5 Å². The van der Waals surface area contributed by atoms with E-state index in [9.17, 15) is 8.78 Å². The highest BCUT2D eigenvalue weighted by molar-refractivity contribution is 5.64. The van der Waals surface area contributed by atoms with Gasteiger partial charge in [0.25, 0.3) is 0 Å². The van der Waals surface area contributed by atoms with Gasteiger partial charge in [-0.15, -0.1) is 0 Å². The third-order valence-corrected chi connectivity index (χ3v) is 15.3. The van der Waals surface area contributed by atoms with Crippen molar-refractivity contribution in [1.29, 1.82) is 0 Å². The van der Waals surface area contributed by atoms with Gasteiger partial charge < -0.3 is 26.6 Å². The Balaban J connectivity index is 0.000000314. The lowest BCUT2D eigenvalue weighted by molar-refractivity contribution is 0.378. The molecule has 15 heteroatoms. The molecule has 532 valence electrons. The largest absolute Gasteiger partial charge is 0.380 e. The van der Waals surface area contributed by atoms with Gasteiger partial charge in [-0.3, -0.25) is 27.5 Å². The third-order valence-electron chi connectivity index (χ3n) is 15.3. The zero-order valence-corrected chi connectivity index (χ0v) is 64.3. The average Bonchev–Trinajstić information content (AvgIpc) is 1.89. The van der Waals surface area contributed by atoms with Gasteiger partial charge in [0.15, 0.2) is 0 Å². The van der Waals surface area contributed by atoms with Crippen molar-refractivity contribution >= 4 is 5.69 Å². The Kier molecular flexibility index (Phi) is 34.3. The van der Waals surface area contributed by atoms with E-state index >= 15 is 0 Å². The Labute approximate surface area is 585 Å². The van der Waals surface area contributed by atoms with Gasteiger partial charge in [-0.05, 0) is 228 Å². The number of hydrogen-bond acceptors (Lipinski definition) is 9. The first-order valence-electron chi connectivity index (χ1n) is 34.8. The number of aromatic nitrogens is 8. The van der Waals surface area contributed by atoms with Gasteiger partial charge in [0, 0.05) is 131 Å². The van der Waals surface area contributed by atoms with Crippen molar-refractivity contribution in [2.75, 3.05) is 19.7 Å². The number of anilines is 1. The number of halogens is 2. The summed E-state index contributed by atoms with van der Waals surface area (Å²) in [5.74, 6) is 0. The van der Waals surface area contributed by atoms with Crippen LogP contribution in [0.2, 0.25) is 0 Å². The fraction of sp³-hybridized carbons (Fsp3) is 0.488. The van der Waals surface area contributed by atoms with E-state index in [-0.39, 0.29) is 27.7 Å². The van der Waals surface area contributed by atoms with Crippen molar-refractivity contribution in [3.05, 3.63) is 199 Å². The first kappa shape index (κ1) is 83.7. The number of nitrogens with one attached hydrogen (secondary N) is 5. The second-order valence-corrected chi connectivity index (χ2v) is 29.7. The summed E-state index contributed by atoms with van der Waals surface area (Å²) in [7, 11) is 1.00. The number of nitrogens with zero attached hydrogens (tertiary/aromatic N) is 8. The van der Waals surface area contributed by atoms with Gasteiger partial charge in [-0.1, -0.05) is 116 Å². The highest BCUT2D eigenvalue weighted by atomic mass is 19.1. The molecule has 0 amide bonds. The van der Waals surface area contributed by atoms with Gasteiger partial charge in [-0.2, -0.15) is 20.4 Å². The molecule has 9 rings (SSSR count). The lowest BCUT2D eigenvalue weighted by Gasteiger charge is -2.26. The van der Waals surface area contributed by atoms with Gasteiger partial charge in [0.1, 0.15) is 0 Å². The lowest BCUT2D eigenvalue weighted by Crippen LogP contribution is -2.37. The van der Waals surface area contributed by atoms with E-state index in [2.05, 4.69) is 359 Å². The smallest absolute Gasteiger partial charge is 0.0785 e. The fourth-order valence-electron chi connectivity index (χ4n) is 10.8. The number of hydrogen-bond donors (Lipinski definition) is 5. The molecule has 5 aromatic carbocycles. The Bertz CT molecular complexity index is 3140. The summed E-state index contributed by atoms with van der Waals surface area (Å²) in [5, 5.41) is 35.1. The standard InChI is InChI=1S/4C17H25N3.C12H19N.2CH3F/c4*1-6-20-12-16(11-18-20)15-9-7-14(8-10-15)13(2)19-17(3,4)5;1-5-10-7-6-8-11(9-10)13-12(2,3)4;2*1-2/h4*7-13,19H,6H2,1-5H3;6-9,13H,5H2,1-4H3;2*1H3. The molecule has 13 nitrogen and oxygen atoms in total. The summed E-state index contributed by atoms with van der Waals surface area (Å²) in [5.41, 5.74) is 18.1. The Hall–Kier alpha value is -7.56. The highest BCUT2D eigenvalue weighted by Crippen LogP contribution is 2.28. The van der Waals surface area contributed by atoms with Gasteiger partial charge in [0.2, 0.25) is 0 Å². The molecule has 0 aliphatic carbocycles. The molecule has 4 heterocycles. The summed E-state index contributed by atoms with van der Waals surface area (Å²) >= 11 is 0. The van der Waals surface area contributed by atoms with E-state index in [1.807, 2.05) is 43.5 Å². The summed E-state index contributed by atoms with van der Waals surface area (Å²) in [6, 6.07) is 45.0. The molecule has 4 aromatic heterocycles. The molecular formula is C82H125F2N13. The van der Waals surface area contributed by atoms with Gasteiger partial charge in [0.05, 0.1) is 39.1 Å². The van der Waals surface area contributed by atoms with Gasteiger partial charge >= 0.3 is 0 Å². The van der Waals surface area contributed by atoms with E-state index in [1.165, 1.54) is 78.0 Å². The maximum Gasteiger partial charge on any atom is 0.0785 e. The molecule has 0 bridgehead atoms. The maximum absolute atomic E-state index is 9.50. The number of alkyl halides is 2. The first-order chi connectivity index (χ1) is 45.6. The van der Waals surface area contributed by atoms with Crippen molar-refractivity contribution in [2.24, 2.45) is 0 Å². The molecule has 0 spiro atoms. The average molecular weight is 1330 g/mol. The molecule has 0 saturated carbocycles. The van der Waals surface area contributed by atoms with Crippen LogP contribution in [0, 0.1) is 0 Å². The molecular weight excluding hydrogens is 1200 g/mol. The van der Waals surface area contributed by atoms with Crippen LogP contribution in [0.4, 0.5) is 14.5 Å². The quantitative estimate of drug-likeness (QED) is 0.0570. The van der Waals surface area contributed by atoms with Crippen LogP contribution in [-0.4, -0.2) is 81.2 Å². The molecule has 0 aliphatic heterocycles. The normalized spacial score (nSPS) is 12.7. The monoisotopic (exact) mass is 1330 g/mol. The summed E-state index contributed by atoms with van der Waals surface area (Å²) < 4.78 is 26.8. The van der Waals surface area contributed by atoms with Crippen LogP contribution < -0.4 is 26.6 Å². The van der Waals surface area contributed by atoms with Gasteiger partial charge in [-0.25, -0.2) is 0 Å². The minimum atomic E-state index is 0.125. The lowest BCUT2D eigenvalue weighted by atomic mass is 10.0. The maximum atomic E-state index is 9.50. The summed E-state index contributed by atoms with van der Waals surface area (Å²) in [6.07, 6.45) is 17.2. The summed E-state index contributed by atoms with van der Waals surface area (Å²) in [6.45, 7) is 55.8. The highest BCUT2D eigenvalue weighted by Gasteiger charge is 2.19. The predicted octanol–water partition coefficient (Wildman–Crippen LogP) is 20.7. The van der Waals surface area contributed by atoms with Crippen LogP contribution in [0.25, 0.3) is 44.5 Å². The van der Waals surface area contributed by atoms with E-state index < -0.39 is 0 Å². The van der Waals surface area contributed by atoms with Crippen molar-refractivity contribution < 1.29 is 8.78 Å². The Morgan fingerprint density at radius 1 is 0.320 bits per heavy atom. The minimum Gasteiger partial charge on any atom is -0.380 e. The second-order valence-electron chi connectivity index (χ2n) is 29.7. The molecule has 4 unspecified atom stereocenters. The van der Waals surface area contributed by atoms with Crippen molar-refractivity contribution in [3.8, 4) is 44.5 Å². The van der Waals surface area contributed by atoms with E-state index in [1.54, 1.807) is 0 Å². The number of benzene rings is 5. The van der Waals surface area contributed by atoms with E-state index in [4.69, 9.17) is 0 Å². The van der Waals surface area contributed by atoms with Crippen LogP contribution in [0.15, 0.2) is 171 Å². The first-order valence-corrected chi connectivity index (χ1v) is 34.8. The van der Waals surface area contributed by atoms with Crippen molar-refractivity contribution in [1.82, 2.24) is 60.4 Å². The topological polar surface area (TPSA) is 131 Å². The van der Waals surface area contributed by atoms with E-state index in [0.717, 1.165) is 32.6 Å². The molecule has 5 N–H and O–H groups in total. The molecule has 0 fully saturated rings. The zero-order valence-electron chi connectivity index (χ0n) is 64.3. The molecule has 9 aromatic rings. The Morgan fingerprint density at radius 2 is 0.546 bits per heavy atom. The van der Waals surface area contributed by atoms with Crippen LogP contribution >= 0.6 is 0 Å². The Morgan fingerprint density at radius 3 is 0.722 bits per heavy atom. The third kappa shape index (κ3) is 31.2. The molecule has 0 saturated heterocycles. The van der Waals surface area contributed by atoms with Crippen LogP contribution in [-0.2, 0) is 32.6 Å². The van der Waals surface area contributed by atoms with Crippen molar-refractivity contribution in [3.63, 3.8) is 0 Å². The van der Waals surface area contributed by atoms with Crippen LogP contribution in [0.3, 0.4) is 0 Å². The molecule has 97 heavy (non-hydrogen) atoms. The molecule has 0 aliphatic rings. The fourth-order valence-corrected chi connectivity index (χ4v) is 10.8. The van der Waals surface area contributed by atoms with Crippen LogP contribution in [0.5, 0.6) is 0 Å². The predicted molar refractivity (Wildman–Crippen MR) is 412 cm³/mol. The summed E-state index contributed by atoms with van der Waals surface area (Å²) in [4.78, 5) is 0.